The molecule has 0 aliphatic rings. The van der Waals surface area contributed by atoms with Crippen molar-refractivity contribution in [2.24, 2.45) is 0 Å². The molecule has 0 radical (unpaired) electrons. The van der Waals surface area contributed by atoms with Crippen molar-refractivity contribution < 1.29 is 9.90 Å². The van der Waals surface area contributed by atoms with Gasteiger partial charge in [-0.1, -0.05) is 0 Å². The Morgan fingerprint density at radius 3 is 2.65 bits per heavy atom. The molecule has 1 aromatic rings. The molecule has 7 heteroatoms. The molecule has 0 aromatic carbocycles. The van der Waals surface area contributed by atoms with E-state index in [4.69, 9.17) is 0 Å². The highest BCUT2D eigenvalue weighted by Gasteiger charge is 2.11. The van der Waals surface area contributed by atoms with Crippen LogP contribution in [0.3, 0.4) is 0 Å². The summed E-state index contributed by atoms with van der Waals surface area (Å²) in [5, 5.41) is 16.7. The van der Waals surface area contributed by atoms with Crippen LogP contribution < -0.4 is 5.32 Å². The summed E-state index contributed by atoms with van der Waals surface area (Å²) < 4.78 is 2.80. The molecule has 6 nitrogen and oxygen atoms in total. The summed E-state index contributed by atoms with van der Waals surface area (Å²) in [6.07, 6.45) is -0.194. The molecule has 1 rings (SSSR count). The summed E-state index contributed by atoms with van der Waals surface area (Å²) >= 11 is 3.46. The van der Waals surface area contributed by atoms with E-state index >= 15 is 0 Å². The van der Waals surface area contributed by atoms with E-state index in [2.05, 4.69) is 26.3 Å². The van der Waals surface area contributed by atoms with Gasteiger partial charge in [0.1, 0.15) is 0 Å². The lowest BCUT2D eigenvalue weighted by atomic mass is 10.3. The minimum Gasteiger partial charge on any atom is -0.390 e. The van der Waals surface area contributed by atoms with E-state index in [1.807, 2.05) is 37.5 Å². The molecule has 20 heavy (non-hydrogen) atoms. The van der Waals surface area contributed by atoms with Crippen molar-refractivity contribution in [2.75, 3.05) is 27.2 Å². The molecule has 1 amide bonds. The number of aromatic nitrogens is 2. The Balaban J connectivity index is 2.35. The monoisotopic (exact) mass is 346 g/mol. The lowest BCUT2D eigenvalue weighted by Gasteiger charge is -2.16. The Labute approximate surface area is 128 Å². The largest absolute Gasteiger partial charge is 0.390 e. The number of hydrogen-bond donors (Lipinski definition) is 2. The number of amides is 1. The second-order valence-electron chi connectivity index (χ2n) is 5.18. The molecule has 0 bridgehead atoms. The summed E-state index contributed by atoms with van der Waals surface area (Å²) in [4.78, 5) is 13.6. The number of nitrogens with one attached hydrogen (secondary N) is 1. The first-order valence-electron chi connectivity index (χ1n) is 6.60. The van der Waals surface area contributed by atoms with E-state index in [-0.39, 0.29) is 12.5 Å². The van der Waals surface area contributed by atoms with E-state index in [1.165, 1.54) is 0 Å². The van der Waals surface area contributed by atoms with E-state index in [1.54, 1.807) is 0 Å². The predicted molar refractivity (Wildman–Crippen MR) is 81.6 cm³/mol. The second-order valence-corrected chi connectivity index (χ2v) is 5.97. The van der Waals surface area contributed by atoms with Gasteiger partial charge in [0.25, 0.3) is 0 Å². The lowest BCUT2D eigenvalue weighted by Crippen LogP contribution is -2.38. The average molecular weight is 347 g/mol. The number of hydrogen-bond acceptors (Lipinski definition) is 4. The first-order valence-corrected chi connectivity index (χ1v) is 7.39. The van der Waals surface area contributed by atoms with E-state index in [9.17, 15) is 9.90 Å². The number of aryl methyl sites for hydroxylation is 2. The number of nitrogens with zero attached hydrogens (tertiary/aromatic N) is 3. The molecule has 1 unspecified atom stereocenters. The predicted octanol–water partition coefficient (Wildman–Crippen LogP) is 0.691. The van der Waals surface area contributed by atoms with Gasteiger partial charge in [0.15, 0.2) is 0 Å². The zero-order chi connectivity index (χ0) is 15.3. The van der Waals surface area contributed by atoms with Crippen molar-refractivity contribution in [1.29, 1.82) is 0 Å². The van der Waals surface area contributed by atoms with Gasteiger partial charge in [0, 0.05) is 25.2 Å². The standard InChI is InChI=1S/C13H23BrN4O2/c1-9-13(14)10(2)18(16-9)6-5-12(20)15-7-11(19)8-17(3)4/h11,19H,5-8H2,1-4H3,(H,15,20). The molecule has 114 valence electrons. The van der Waals surface area contributed by atoms with Crippen LogP contribution in [0.15, 0.2) is 4.47 Å². The van der Waals surface area contributed by atoms with Crippen LogP contribution in [0.1, 0.15) is 17.8 Å². The van der Waals surface area contributed by atoms with Crippen molar-refractivity contribution >= 4 is 21.8 Å². The van der Waals surface area contributed by atoms with Crippen LogP contribution in [0.5, 0.6) is 0 Å². The second kappa shape index (κ2) is 7.75. The fourth-order valence-corrected chi connectivity index (χ4v) is 2.19. The first-order chi connectivity index (χ1) is 9.31. The minimum atomic E-state index is -0.545. The van der Waals surface area contributed by atoms with Gasteiger partial charge >= 0.3 is 0 Å². The number of carbonyl (C=O) groups excluding carboxylic acids is 1. The Kier molecular flexibility index (Phi) is 6.64. The summed E-state index contributed by atoms with van der Waals surface area (Å²) in [5.74, 6) is -0.0773. The third-order valence-electron chi connectivity index (χ3n) is 2.95. The quantitative estimate of drug-likeness (QED) is 0.762. The van der Waals surface area contributed by atoms with Crippen LogP contribution in [0.4, 0.5) is 0 Å². The number of aliphatic hydroxyl groups excluding tert-OH is 1. The number of aliphatic hydroxyl groups is 1. The van der Waals surface area contributed by atoms with Gasteiger partial charge in [-0.05, 0) is 43.9 Å². The van der Waals surface area contributed by atoms with Crippen LogP contribution in [0, 0.1) is 13.8 Å². The van der Waals surface area contributed by atoms with Gasteiger partial charge in [-0.3, -0.25) is 9.48 Å². The summed E-state index contributed by atoms with van der Waals surface area (Å²) in [6, 6.07) is 0. The van der Waals surface area contributed by atoms with Gasteiger partial charge in [-0.2, -0.15) is 5.10 Å². The maximum absolute atomic E-state index is 11.7. The zero-order valence-electron chi connectivity index (χ0n) is 12.5. The van der Waals surface area contributed by atoms with Crippen LogP contribution in [-0.2, 0) is 11.3 Å². The maximum Gasteiger partial charge on any atom is 0.221 e. The van der Waals surface area contributed by atoms with E-state index < -0.39 is 6.10 Å². The highest BCUT2D eigenvalue weighted by atomic mass is 79.9. The third kappa shape index (κ3) is 5.22. The highest BCUT2D eigenvalue weighted by Crippen LogP contribution is 2.19. The van der Waals surface area contributed by atoms with E-state index in [0.29, 0.717) is 19.5 Å². The summed E-state index contributed by atoms with van der Waals surface area (Å²) in [7, 11) is 3.76. The molecule has 0 fully saturated rings. The molecule has 0 aliphatic heterocycles. The Bertz CT molecular complexity index is 459. The average Bonchev–Trinajstić information content (AvgIpc) is 2.60. The fourth-order valence-electron chi connectivity index (χ4n) is 1.91. The summed E-state index contributed by atoms with van der Waals surface area (Å²) in [6.45, 7) is 5.23. The van der Waals surface area contributed by atoms with Gasteiger partial charge in [-0.15, -0.1) is 0 Å². The van der Waals surface area contributed by atoms with Gasteiger partial charge in [0.2, 0.25) is 5.91 Å². The molecule has 1 aromatic heterocycles. The molecular weight excluding hydrogens is 324 g/mol. The molecule has 1 atom stereocenters. The fraction of sp³-hybridized carbons (Fsp3) is 0.692. The van der Waals surface area contributed by atoms with Crippen molar-refractivity contribution in [2.45, 2.75) is 32.9 Å². The molecule has 1 heterocycles. The first kappa shape index (κ1) is 17.1. The molecule has 0 spiro atoms. The zero-order valence-corrected chi connectivity index (χ0v) is 14.1. The van der Waals surface area contributed by atoms with Gasteiger partial charge in [-0.25, -0.2) is 0 Å². The normalized spacial score (nSPS) is 12.8. The minimum absolute atomic E-state index is 0.0773. The van der Waals surface area contributed by atoms with Crippen LogP contribution in [0.2, 0.25) is 0 Å². The molecule has 0 saturated heterocycles. The molecular formula is C13H23BrN4O2. The maximum atomic E-state index is 11.7. The summed E-state index contributed by atoms with van der Waals surface area (Å²) in [5.41, 5.74) is 1.94. The molecule has 2 N–H and O–H groups in total. The van der Waals surface area contributed by atoms with Crippen LogP contribution >= 0.6 is 15.9 Å². The number of carbonyl (C=O) groups is 1. The Hall–Kier alpha value is -0.920. The van der Waals surface area contributed by atoms with Crippen molar-refractivity contribution in [3.63, 3.8) is 0 Å². The van der Waals surface area contributed by atoms with Crippen LogP contribution in [0.25, 0.3) is 0 Å². The topological polar surface area (TPSA) is 70.4 Å². The molecule has 0 aliphatic carbocycles. The van der Waals surface area contributed by atoms with Gasteiger partial charge < -0.3 is 15.3 Å². The Morgan fingerprint density at radius 2 is 2.15 bits per heavy atom. The van der Waals surface area contributed by atoms with Crippen molar-refractivity contribution in [3.05, 3.63) is 15.9 Å². The molecule has 0 saturated carbocycles. The number of halogens is 1. The third-order valence-corrected chi connectivity index (χ3v) is 4.10. The van der Waals surface area contributed by atoms with Crippen molar-refractivity contribution in [3.8, 4) is 0 Å². The van der Waals surface area contributed by atoms with Crippen LogP contribution in [-0.4, -0.2) is 59.0 Å². The van der Waals surface area contributed by atoms with Crippen molar-refractivity contribution in [1.82, 2.24) is 20.0 Å². The smallest absolute Gasteiger partial charge is 0.221 e. The number of rotatable bonds is 7. The highest BCUT2D eigenvalue weighted by molar-refractivity contribution is 9.10. The number of likely N-dealkylation sites (N-methyl/N-ethyl adjacent to an activating group) is 1. The SMILES string of the molecule is Cc1nn(CCC(=O)NCC(O)CN(C)C)c(C)c1Br. The Morgan fingerprint density at radius 1 is 1.50 bits per heavy atom. The van der Waals surface area contributed by atoms with Gasteiger partial charge in [0.05, 0.1) is 22.8 Å². The van der Waals surface area contributed by atoms with E-state index in [0.717, 1.165) is 15.9 Å². The lowest BCUT2D eigenvalue weighted by molar-refractivity contribution is -0.121.